The average molecular weight is 231 g/mol. The van der Waals surface area contributed by atoms with Gasteiger partial charge >= 0.3 is 0 Å². The van der Waals surface area contributed by atoms with E-state index in [2.05, 4.69) is 49.7 Å². The Morgan fingerprint density at radius 2 is 2.12 bits per heavy atom. The van der Waals surface area contributed by atoms with Crippen molar-refractivity contribution in [2.45, 2.75) is 32.1 Å². The number of hydrogen-bond acceptors (Lipinski definition) is 2. The lowest BCUT2D eigenvalue weighted by Gasteiger charge is -2.18. The molecule has 0 aliphatic carbocycles. The summed E-state index contributed by atoms with van der Waals surface area (Å²) in [6, 6.07) is 10.8. The van der Waals surface area contributed by atoms with Crippen LogP contribution in [0.3, 0.4) is 0 Å². The summed E-state index contributed by atoms with van der Waals surface area (Å²) in [6.45, 7) is 7.86. The molecular formula is C15H21NO. The standard InChI is InChI=1S/C15H21NO/c1-12(2)15-9-14(10-16(15)3)17-11-13-7-5-4-6-8-13/h4-8,14-15H,1,9-11H2,2-3H3/t14-,15+/m1/s1. The van der Waals surface area contributed by atoms with Crippen LogP contribution in [0.5, 0.6) is 0 Å². The maximum Gasteiger partial charge on any atom is 0.0724 e. The van der Waals surface area contributed by atoms with Gasteiger partial charge in [0.05, 0.1) is 12.7 Å². The van der Waals surface area contributed by atoms with Crippen molar-refractivity contribution in [3.63, 3.8) is 0 Å². The van der Waals surface area contributed by atoms with Crippen LogP contribution in [0, 0.1) is 0 Å². The molecule has 17 heavy (non-hydrogen) atoms. The summed E-state index contributed by atoms with van der Waals surface area (Å²) < 4.78 is 5.96. The molecule has 1 aliphatic heterocycles. The molecule has 2 nitrogen and oxygen atoms in total. The van der Waals surface area contributed by atoms with Crippen LogP contribution in [0.1, 0.15) is 18.9 Å². The van der Waals surface area contributed by atoms with Gasteiger partial charge in [0, 0.05) is 12.6 Å². The zero-order valence-electron chi connectivity index (χ0n) is 10.7. The molecule has 0 unspecified atom stereocenters. The van der Waals surface area contributed by atoms with Crippen LogP contribution in [0.25, 0.3) is 0 Å². The molecule has 2 heteroatoms. The molecule has 1 fully saturated rings. The van der Waals surface area contributed by atoms with Crippen molar-refractivity contribution in [2.75, 3.05) is 13.6 Å². The van der Waals surface area contributed by atoms with Crippen molar-refractivity contribution in [1.29, 1.82) is 0 Å². The van der Waals surface area contributed by atoms with Crippen molar-refractivity contribution in [2.24, 2.45) is 0 Å². The van der Waals surface area contributed by atoms with Gasteiger partial charge in [-0.2, -0.15) is 0 Å². The van der Waals surface area contributed by atoms with Gasteiger partial charge in [-0.25, -0.2) is 0 Å². The van der Waals surface area contributed by atoms with E-state index in [0.29, 0.717) is 18.8 Å². The predicted octanol–water partition coefficient (Wildman–Crippen LogP) is 2.85. The van der Waals surface area contributed by atoms with Crippen molar-refractivity contribution in [3.05, 3.63) is 48.0 Å². The van der Waals surface area contributed by atoms with Gasteiger partial charge in [0.25, 0.3) is 0 Å². The number of nitrogens with zero attached hydrogens (tertiary/aromatic N) is 1. The van der Waals surface area contributed by atoms with Gasteiger partial charge in [0.2, 0.25) is 0 Å². The van der Waals surface area contributed by atoms with E-state index in [1.54, 1.807) is 0 Å². The van der Waals surface area contributed by atoms with Gasteiger partial charge in [0.15, 0.2) is 0 Å². The lowest BCUT2D eigenvalue weighted by molar-refractivity contribution is 0.0482. The molecule has 1 aliphatic rings. The third kappa shape index (κ3) is 3.18. The number of benzene rings is 1. The second-order valence-corrected chi connectivity index (χ2v) is 4.96. The average Bonchev–Trinajstić information content (AvgIpc) is 2.69. The minimum Gasteiger partial charge on any atom is -0.372 e. The van der Waals surface area contributed by atoms with Crippen LogP contribution in [0.2, 0.25) is 0 Å². The van der Waals surface area contributed by atoms with E-state index in [0.717, 1.165) is 13.0 Å². The van der Waals surface area contributed by atoms with Crippen molar-refractivity contribution >= 4 is 0 Å². The highest BCUT2D eigenvalue weighted by Gasteiger charge is 2.30. The Bertz CT molecular complexity index is 374. The highest BCUT2D eigenvalue weighted by molar-refractivity contribution is 5.13. The van der Waals surface area contributed by atoms with Crippen molar-refractivity contribution in [3.8, 4) is 0 Å². The fraction of sp³-hybridized carbons (Fsp3) is 0.467. The monoisotopic (exact) mass is 231 g/mol. The first-order valence-corrected chi connectivity index (χ1v) is 6.18. The van der Waals surface area contributed by atoms with E-state index < -0.39 is 0 Å². The molecule has 1 aromatic rings. The first kappa shape index (κ1) is 12.3. The Kier molecular flexibility index (Phi) is 3.97. The second-order valence-electron chi connectivity index (χ2n) is 4.96. The Labute approximate surface area is 104 Å². The summed E-state index contributed by atoms with van der Waals surface area (Å²) >= 11 is 0. The molecule has 0 radical (unpaired) electrons. The van der Waals surface area contributed by atoms with Crippen LogP contribution < -0.4 is 0 Å². The maximum atomic E-state index is 5.96. The Morgan fingerprint density at radius 1 is 1.41 bits per heavy atom. The number of ether oxygens (including phenoxy) is 1. The summed E-state index contributed by atoms with van der Waals surface area (Å²) in [5.74, 6) is 0. The first-order valence-electron chi connectivity index (χ1n) is 6.18. The summed E-state index contributed by atoms with van der Waals surface area (Å²) in [5.41, 5.74) is 2.48. The highest BCUT2D eigenvalue weighted by atomic mass is 16.5. The highest BCUT2D eigenvalue weighted by Crippen LogP contribution is 2.23. The zero-order chi connectivity index (χ0) is 12.3. The third-order valence-corrected chi connectivity index (χ3v) is 3.41. The summed E-state index contributed by atoms with van der Waals surface area (Å²) in [6.07, 6.45) is 1.40. The van der Waals surface area contributed by atoms with E-state index in [1.165, 1.54) is 11.1 Å². The first-order chi connectivity index (χ1) is 8.16. The minimum atomic E-state index is 0.335. The van der Waals surface area contributed by atoms with Crippen LogP contribution in [-0.2, 0) is 11.3 Å². The fourth-order valence-electron chi connectivity index (χ4n) is 2.44. The lowest BCUT2D eigenvalue weighted by atomic mass is 10.1. The molecule has 1 aromatic carbocycles. The smallest absolute Gasteiger partial charge is 0.0724 e. The minimum absolute atomic E-state index is 0.335. The molecule has 0 N–H and O–H groups in total. The molecule has 92 valence electrons. The van der Waals surface area contributed by atoms with Gasteiger partial charge in [-0.15, -0.1) is 0 Å². The van der Waals surface area contributed by atoms with Crippen molar-refractivity contribution < 1.29 is 4.74 Å². The maximum absolute atomic E-state index is 5.96. The van der Waals surface area contributed by atoms with E-state index in [-0.39, 0.29) is 0 Å². The van der Waals surface area contributed by atoms with Gasteiger partial charge < -0.3 is 4.74 Å². The second kappa shape index (κ2) is 5.48. The number of likely N-dealkylation sites (tertiary alicyclic amines) is 1. The summed E-state index contributed by atoms with van der Waals surface area (Å²) in [5, 5.41) is 0. The molecule has 0 bridgehead atoms. The molecule has 2 rings (SSSR count). The number of rotatable bonds is 4. The topological polar surface area (TPSA) is 12.5 Å². The molecule has 0 saturated carbocycles. The molecule has 0 spiro atoms. The van der Waals surface area contributed by atoms with Crippen LogP contribution >= 0.6 is 0 Å². The zero-order valence-corrected chi connectivity index (χ0v) is 10.7. The molecular weight excluding hydrogens is 210 g/mol. The largest absolute Gasteiger partial charge is 0.372 e. The van der Waals surface area contributed by atoms with Crippen molar-refractivity contribution in [1.82, 2.24) is 4.90 Å². The quantitative estimate of drug-likeness (QED) is 0.739. The molecule has 2 atom stereocenters. The Balaban J connectivity index is 1.84. The Morgan fingerprint density at radius 3 is 2.71 bits per heavy atom. The lowest BCUT2D eigenvalue weighted by Crippen LogP contribution is -2.25. The van der Waals surface area contributed by atoms with Gasteiger partial charge in [-0.1, -0.05) is 42.5 Å². The van der Waals surface area contributed by atoms with Crippen LogP contribution in [0.15, 0.2) is 42.5 Å². The molecule has 0 amide bonds. The summed E-state index contributed by atoms with van der Waals surface area (Å²) in [4.78, 5) is 2.33. The van der Waals surface area contributed by atoms with E-state index in [4.69, 9.17) is 4.74 Å². The number of likely N-dealkylation sites (N-methyl/N-ethyl adjacent to an activating group) is 1. The Hall–Kier alpha value is -1.12. The summed E-state index contributed by atoms with van der Waals surface area (Å²) in [7, 11) is 2.14. The predicted molar refractivity (Wildman–Crippen MR) is 70.9 cm³/mol. The van der Waals surface area contributed by atoms with E-state index >= 15 is 0 Å². The molecule has 0 aromatic heterocycles. The van der Waals surface area contributed by atoms with Gasteiger partial charge in [-0.05, 0) is 26.0 Å². The fourth-order valence-corrected chi connectivity index (χ4v) is 2.44. The normalized spacial score (nSPS) is 25.1. The van der Waals surface area contributed by atoms with Crippen LogP contribution in [-0.4, -0.2) is 30.6 Å². The van der Waals surface area contributed by atoms with Gasteiger partial charge in [-0.3, -0.25) is 4.90 Å². The number of hydrogen-bond donors (Lipinski definition) is 0. The van der Waals surface area contributed by atoms with Gasteiger partial charge in [0.1, 0.15) is 0 Å². The molecule has 1 heterocycles. The van der Waals surface area contributed by atoms with E-state index in [9.17, 15) is 0 Å². The van der Waals surface area contributed by atoms with E-state index in [1.807, 2.05) is 6.07 Å². The third-order valence-electron chi connectivity index (χ3n) is 3.41. The SMILES string of the molecule is C=C(C)[C@@H]1C[C@@H](OCc2ccccc2)CN1C. The molecule has 1 saturated heterocycles. The van der Waals surface area contributed by atoms with Crippen LogP contribution in [0.4, 0.5) is 0 Å².